The molecule has 0 atom stereocenters. The molecule has 1 fully saturated rings. The minimum Gasteiger partial charge on any atom is -0.507 e. The Balaban J connectivity index is 2.39. The zero-order valence-electron chi connectivity index (χ0n) is 9.81. The van der Waals surface area contributed by atoms with Crippen molar-refractivity contribution in [1.29, 1.82) is 0 Å². The molecule has 0 unspecified atom stereocenters. The number of phenols is 1. The zero-order valence-corrected chi connectivity index (χ0v) is 9.81. The number of ether oxygens (including phenoxy) is 2. The maximum absolute atomic E-state index is 10.8. The molecule has 1 aliphatic rings. The summed E-state index contributed by atoms with van der Waals surface area (Å²) in [6.07, 6.45) is 2.17. The van der Waals surface area contributed by atoms with Crippen molar-refractivity contribution in [3.05, 3.63) is 29.3 Å². The molecular formula is C13H16O4. The van der Waals surface area contributed by atoms with E-state index in [0.717, 1.165) is 18.4 Å². The third-order valence-corrected chi connectivity index (χ3v) is 3.37. The second-order valence-corrected chi connectivity index (χ2v) is 4.20. The number of methoxy groups -OCH3 is 1. The van der Waals surface area contributed by atoms with E-state index in [9.17, 15) is 9.90 Å². The third-order valence-electron chi connectivity index (χ3n) is 3.37. The fourth-order valence-corrected chi connectivity index (χ4v) is 2.24. The van der Waals surface area contributed by atoms with Crippen LogP contribution in [0.5, 0.6) is 5.75 Å². The highest BCUT2D eigenvalue weighted by Crippen LogP contribution is 2.36. The van der Waals surface area contributed by atoms with Gasteiger partial charge in [-0.3, -0.25) is 4.79 Å². The van der Waals surface area contributed by atoms with Crippen molar-refractivity contribution in [3.8, 4) is 5.75 Å². The molecule has 0 amide bonds. The normalized spacial score (nSPS) is 18.9. The highest BCUT2D eigenvalue weighted by Gasteiger charge is 2.34. The van der Waals surface area contributed by atoms with Crippen LogP contribution in [0, 0.1) is 0 Å². The van der Waals surface area contributed by atoms with E-state index in [1.165, 1.54) is 6.07 Å². The van der Waals surface area contributed by atoms with Crippen LogP contribution < -0.4 is 0 Å². The molecule has 0 bridgehead atoms. The van der Waals surface area contributed by atoms with Crippen molar-refractivity contribution in [2.75, 3.05) is 20.3 Å². The Morgan fingerprint density at radius 3 is 2.71 bits per heavy atom. The topological polar surface area (TPSA) is 55.8 Å². The molecule has 1 heterocycles. The second-order valence-electron chi connectivity index (χ2n) is 4.20. The van der Waals surface area contributed by atoms with E-state index in [1.807, 2.05) is 0 Å². The second kappa shape index (κ2) is 4.85. The van der Waals surface area contributed by atoms with E-state index < -0.39 is 5.60 Å². The van der Waals surface area contributed by atoms with Crippen LogP contribution in [0.15, 0.2) is 18.2 Å². The van der Waals surface area contributed by atoms with Gasteiger partial charge < -0.3 is 14.6 Å². The quantitative estimate of drug-likeness (QED) is 0.814. The largest absolute Gasteiger partial charge is 0.507 e. The Bertz CT molecular complexity index is 408. The lowest BCUT2D eigenvalue weighted by Crippen LogP contribution is -2.35. The van der Waals surface area contributed by atoms with Crippen LogP contribution in [0.4, 0.5) is 0 Å². The lowest BCUT2D eigenvalue weighted by atomic mass is 9.85. The summed E-state index contributed by atoms with van der Waals surface area (Å²) >= 11 is 0. The van der Waals surface area contributed by atoms with Gasteiger partial charge in [-0.1, -0.05) is 6.07 Å². The predicted octanol–water partition coefficient (Wildman–Crippen LogP) is 1.86. The Hall–Kier alpha value is -1.39. The summed E-state index contributed by atoms with van der Waals surface area (Å²) in [4.78, 5) is 10.8. The van der Waals surface area contributed by atoms with Gasteiger partial charge in [0.15, 0.2) is 6.29 Å². The lowest BCUT2D eigenvalue weighted by molar-refractivity contribution is -0.0948. The van der Waals surface area contributed by atoms with Gasteiger partial charge in [0.2, 0.25) is 0 Å². The van der Waals surface area contributed by atoms with Gasteiger partial charge in [-0.2, -0.15) is 0 Å². The fraction of sp³-hybridized carbons (Fsp3) is 0.462. The van der Waals surface area contributed by atoms with E-state index in [-0.39, 0.29) is 5.75 Å². The molecule has 0 radical (unpaired) electrons. The highest BCUT2D eigenvalue weighted by atomic mass is 16.5. The number of carbonyl (C=O) groups is 1. The van der Waals surface area contributed by atoms with Crippen molar-refractivity contribution in [3.63, 3.8) is 0 Å². The molecule has 0 saturated carbocycles. The molecule has 0 aromatic heterocycles. The number of hydrogen-bond acceptors (Lipinski definition) is 4. The van der Waals surface area contributed by atoms with Gasteiger partial charge in [-0.25, -0.2) is 0 Å². The summed E-state index contributed by atoms with van der Waals surface area (Å²) < 4.78 is 11.0. The molecule has 92 valence electrons. The maximum atomic E-state index is 10.8. The summed E-state index contributed by atoms with van der Waals surface area (Å²) in [6, 6.07) is 5.03. The predicted molar refractivity (Wildman–Crippen MR) is 62.2 cm³/mol. The van der Waals surface area contributed by atoms with Gasteiger partial charge in [0.05, 0.1) is 11.2 Å². The van der Waals surface area contributed by atoms with Crippen molar-refractivity contribution >= 4 is 6.29 Å². The number of rotatable bonds is 3. The number of carbonyl (C=O) groups excluding carboxylic acids is 1. The molecule has 17 heavy (non-hydrogen) atoms. The molecule has 2 rings (SSSR count). The van der Waals surface area contributed by atoms with Crippen LogP contribution >= 0.6 is 0 Å². The van der Waals surface area contributed by atoms with Crippen LogP contribution in [0.1, 0.15) is 28.8 Å². The van der Waals surface area contributed by atoms with Crippen LogP contribution in [0.3, 0.4) is 0 Å². The van der Waals surface area contributed by atoms with Crippen LogP contribution in [-0.2, 0) is 15.1 Å². The Morgan fingerprint density at radius 1 is 1.41 bits per heavy atom. The minimum absolute atomic E-state index is 0.00191. The minimum atomic E-state index is -0.399. The van der Waals surface area contributed by atoms with E-state index >= 15 is 0 Å². The zero-order chi connectivity index (χ0) is 12.3. The first-order valence-corrected chi connectivity index (χ1v) is 5.63. The van der Waals surface area contributed by atoms with E-state index in [4.69, 9.17) is 9.47 Å². The first-order chi connectivity index (χ1) is 8.22. The average Bonchev–Trinajstić information content (AvgIpc) is 2.40. The standard InChI is InChI=1S/C13H16O4/c1-16-13(4-6-17-7-5-13)11-2-3-12(15)10(8-11)9-14/h2-3,8-9,15H,4-7H2,1H3. The SMILES string of the molecule is COC1(c2ccc(O)c(C=O)c2)CCOCC1. The van der Waals surface area contributed by atoms with Crippen molar-refractivity contribution in [2.45, 2.75) is 18.4 Å². The summed E-state index contributed by atoms with van der Waals surface area (Å²) in [5, 5.41) is 9.49. The van der Waals surface area contributed by atoms with Gasteiger partial charge in [0, 0.05) is 33.2 Å². The van der Waals surface area contributed by atoms with Gasteiger partial charge >= 0.3 is 0 Å². The lowest BCUT2D eigenvalue weighted by Gasteiger charge is -2.36. The summed E-state index contributed by atoms with van der Waals surface area (Å²) in [7, 11) is 1.67. The number of aromatic hydroxyl groups is 1. The average molecular weight is 236 g/mol. The summed E-state index contributed by atoms with van der Waals surface area (Å²) in [5.74, 6) is 0.00191. The summed E-state index contributed by atoms with van der Waals surface area (Å²) in [5.41, 5.74) is 0.817. The molecule has 0 aliphatic carbocycles. The number of hydrogen-bond donors (Lipinski definition) is 1. The van der Waals surface area contributed by atoms with Gasteiger partial charge in [-0.15, -0.1) is 0 Å². The molecule has 1 N–H and O–H groups in total. The van der Waals surface area contributed by atoms with Crippen LogP contribution in [0.25, 0.3) is 0 Å². The molecule has 4 heteroatoms. The molecule has 1 aromatic rings. The van der Waals surface area contributed by atoms with E-state index in [1.54, 1.807) is 19.2 Å². The van der Waals surface area contributed by atoms with E-state index in [0.29, 0.717) is 25.1 Å². The Morgan fingerprint density at radius 2 is 2.12 bits per heavy atom. The number of aldehydes is 1. The first kappa shape index (κ1) is 12.1. The molecule has 4 nitrogen and oxygen atoms in total. The van der Waals surface area contributed by atoms with Gasteiger partial charge in [0.1, 0.15) is 5.75 Å². The Kier molecular flexibility index (Phi) is 3.45. The third kappa shape index (κ3) is 2.18. The smallest absolute Gasteiger partial charge is 0.153 e. The first-order valence-electron chi connectivity index (χ1n) is 5.63. The molecule has 1 saturated heterocycles. The highest BCUT2D eigenvalue weighted by molar-refractivity contribution is 5.79. The maximum Gasteiger partial charge on any atom is 0.153 e. The monoisotopic (exact) mass is 236 g/mol. The van der Waals surface area contributed by atoms with Gasteiger partial charge in [-0.05, 0) is 17.7 Å². The fourth-order valence-electron chi connectivity index (χ4n) is 2.24. The van der Waals surface area contributed by atoms with E-state index in [2.05, 4.69) is 0 Å². The van der Waals surface area contributed by atoms with Gasteiger partial charge in [0.25, 0.3) is 0 Å². The van der Waals surface area contributed by atoms with Crippen molar-refractivity contribution in [2.24, 2.45) is 0 Å². The van der Waals surface area contributed by atoms with Crippen molar-refractivity contribution in [1.82, 2.24) is 0 Å². The summed E-state index contributed by atoms with van der Waals surface area (Å²) in [6.45, 7) is 1.29. The number of phenolic OH excluding ortho intramolecular Hbond substituents is 1. The van der Waals surface area contributed by atoms with Crippen molar-refractivity contribution < 1.29 is 19.4 Å². The molecule has 0 spiro atoms. The van der Waals surface area contributed by atoms with Crippen LogP contribution in [0.2, 0.25) is 0 Å². The molecule has 1 aromatic carbocycles. The molecular weight excluding hydrogens is 220 g/mol. The number of benzene rings is 1. The Labute approximate surface area is 100 Å². The van der Waals surface area contributed by atoms with Crippen LogP contribution in [-0.4, -0.2) is 31.7 Å². The molecule has 1 aliphatic heterocycles.